The summed E-state index contributed by atoms with van der Waals surface area (Å²) in [5.41, 5.74) is 1.06. The number of nitrogens with zero attached hydrogens (tertiary/aromatic N) is 5. The number of carboxylic acids is 1. The van der Waals surface area contributed by atoms with Crippen LogP contribution in [0.5, 0.6) is 0 Å². The highest BCUT2D eigenvalue weighted by Gasteiger charge is 2.44. The largest absolute Gasteiger partial charge is 0.481 e. The van der Waals surface area contributed by atoms with E-state index in [9.17, 15) is 19.5 Å². The summed E-state index contributed by atoms with van der Waals surface area (Å²) in [6, 6.07) is 4.14. The van der Waals surface area contributed by atoms with Crippen molar-refractivity contribution in [1.29, 1.82) is 0 Å². The summed E-state index contributed by atoms with van der Waals surface area (Å²) in [6.07, 6.45) is 7.54. The van der Waals surface area contributed by atoms with Gasteiger partial charge in [-0.15, -0.1) is 17.8 Å². The summed E-state index contributed by atoms with van der Waals surface area (Å²) in [7, 11) is 0. The van der Waals surface area contributed by atoms with E-state index in [2.05, 4.69) is 21.1 Å². The third-order valence-electron chi connectivity index (χ3n) is 7.78. The van der Waals surface area contributed by atoms with Crippen molar-refractivity contribution in [2.75, 3.05) is 45.9 Å². The molecule has 2 fully saturated rings. The molecule has 43 heavy (non-hydrogen) atoms. The molecule has 0 bridgehead atoms. The van der Waals surface area contributed by atoms with Crippen LogP contribution in [0.25, 0.3) is 0 Å². The Labute approximate surface area is 259 Å². The Morgan fingerprint density at radius 3 is 2.77 bits per heavy atom. The van der Waals surface area contributed by atoms with Crippen LogP contribution in [0.3, 0.4) is 0 Å². The van der Waals surface area contributed by atoms with Gasteiger partial charge in [0.1, 0.15) is 6.04 Å². The maximum atomic E-state index is 13.5. The smallest absolute Gasteiger partial charge is 0.338 e. The third-order valence-corrected chi connectivity index (χ3v) is 8.80. The standard InChI is InChI=1S/C30H33ClN6O5S/c1-5-18-13-19(31)7-8-21(18)24-23(27(38)42-6-2)22(33-25(34-24)26-32-9-12-43-26)16-35-10-11-37-20(14-35)15-36(29(37)41)17-30(3,4)28(39)40/h1,7-9,12-13,20,24H,6,10-11,14-17H2,2-4H3,(H,33,34)(H,39,40)/t20-,24?/m0/s1. The molecule has 1 aromatic heterocycles. The van der Waals surface area contributed by atoms with E-state index >= 15 is 0 Å². The lowest BCUT2D eigenvalue weighted by molar-refractivity contribution is -0.147. The van der Waals surface area contributed by atoms with Gasteiger partial charge < -0.3 is 25.0 Å². The van der Waals surface area contributed by atoms with Gasteiger partial charge in [0.05, 0.1) is 23.6 Å². The zero-order valence-corrected chi connectivity index (χ0v) is 25.7. The number of hydrogen-bond acceptors (Lipinski definition) is 9. The number of carbonyl (C=O) groups is 3. The molecular weight excluding hydrogens is 592 g/mol. The Kier molecular flexibility index (Phi) is 8.78. The second-order valence-electron chi connectivity index (χ2n) is 11.3. The van der Waals surface area contributed by atoms with Crippen molar-refractivity contribution < 1.29 is 24.2 Å². The van der Waals surface area contributed by atoms with Gasteiger partial charge >= 0.3 is 18.0 Å². The Morgan fingerprint density at radius 1 is 1.30 bits per heavy atom. The van der Waals surface area contributed by atoms with Gasteiger partial charge in [0.15, 0.2) is 10.8 Å². The highest BCUT2D eigenvalue weighted by Crippen LogP contribution is 2.36. The van der Waals surface area contributed by atoms with Gasteiger partial charge in [-0.3, -0.25) is 14.7 Å². The number of benzene rings is 1. The van der Waals surface area contributed by atoms with Crippen LogP contribution in [-0.4, -0.2) is 101 Å². The molecule has 0 spiro atoms. The molecule has 2 saturated heterocycles. The fraction of sp³-hybridized carbons (Fsp3) is 0.433. The van der Waals surface area contributed by atoms with Crippen molar-refractivity contribution in [2.24, 2.45) is 10.4 Å². The predicted molar refractivity (Wildman–Crippen MR) is 163 cm³/mol. The van der Waals surface area contributed by atoms with Crippen LogP contribution >= 0.6 is 22.9 Å². The number of halogens is 1. The number of piperazine rings is 1. The molecule has 11 nitrogen and oxygen atoms in total. The normalized spacial score (nSPS) is 20.8. The summed E-state index contributed by atoms with van der Waals surface area (Å²) < 4.78 is 5.52. The number of carboxylic acid groups (broad SMARTS) is 1. The fourth-order valence-corrected chi connectivity index (χ4v) is 6.38. The van der Waals surface area contributed by atoms with Crippen molar-refractivity contribution in [3.05, 3.63) is 62.2 Å². The quantitative estimate of drug-likeness (QED) is 0.322. The average Bonchev–Trinajstić information content (AvgIpc) is 3.61. The molecule has 226 valence electrons. The number of fused-ring (bicyclic) bond motifs is 1. The topological polar surface area (TPSA) is 128 Å². The average molecular weight is 625 g/mol. The Balaban J connectivity index is 1.47. The number of carbonyl (C=O) groups excluding carboxylic acids is 2. The molecule has 2 amide bonds. The number of aliphatic carboxylic acids is 1. The summed E-state index contributed by atoms with van der Waals surface area (Å²) >= 11 is 7.66. The number of aliphatic imine (C=N–C) groups is 1. The number of ether oxygens (including phenoxy) is 1. The van der Waals surface area contributed by atoms with E-state index in [0.29, 0.717) is 71.0 Å². The minimum atomic E-state index is -1.06. The van der Waals surface area contributed by atoms with Crippen LogP contribution < -0.4 is 5.32 Å². The Hall–Kier alpha value is -3.92. The summed E-state index contributed by atoms with van der Waals surface area (Å²) in [4.78, 5) is 53.3. The van der Waals surface area contributed by atoms with Crippen LogP contribution in [0, 0.1) is 17.8 Å². The van der Waals surface area contributed by atoms with Gasteiger partial charge in [0.2, 0.25) is 0 Å². The summed E-state index contributed by atoms with van der Waals surface area (Å²) in [6.45, 7) is 7.65. The molecule has 2 aromatic rings. The summed E-state index contributed by atoms with van der Waals surface area (Å²) in [5.74, 6) is 1.73. The molecule has 0 aliphatic carbocycles. The van der Waals surface area contributed by atoms with Crippen LogP contribution in [0.2, 0.25) is 5.02 Å². The number of aromatic nitrogens is 1. The molecule has 13 heteroatoms. The maximum absolute atomic E-state index is 13.5. The van der Waals surface area contributed by atoms with Crippen molar-refractivity contribution in [2.45, 2.75) is 32.9 Å². The molecule has 1 aromatic carbocycles. The number of hydrogen-bond donors (Lipinski definition) is 2. The van der Waals surface area contributed by atoms with Gasteiger partial charge in [-0.25, -0.2) is 14.6 Å². The molecule has 5 rings (SSSR count). The van der Waals surface area contributed by atoms with Crippen LogP contribution in [0.1, 0.15) is 42.9 Å². The molecule has 4 heterocycles. The second-order valence-corrected chi connectivity index (χ2v) is 12.6. The van der Waals surface area contributed by atoms with E-state index < -0.39 is 23.4 Å². The highest BCUT2D eigenvalue weighted by molar-refractivity contribution is 7.11. The first-order chi connectivity index (χ1) is 20.5. The lowest BCUT2D eigenvalue weighted by Gasteiger charge is -2.38. The van der Waals surface area contributed by atoms with Crippen LogP contribution in [-0.2, 0) is 14.3 Å². The number of urea groups is 1. The first-order valence-corrected chi connectivity index (χ1v) is 15.2. The van der Waals surface area contributed by atoms with Crippen molar-refractivity contribution in [3.8, 4) is 12.3 Å². The maximum Gasteiger partial charge on any atom is 0.338 e. The van der Waals surface area contributed by atoms with Crippen molar-refractivity contribution >= 4 is 46.7 Å². The third kappa shape index (κ3) is 6.25. The monoisotopic (exact) mass is 624 g/mol. The molecule has 2 N–H and O–H groups in total. The summed E-state index contributed by atoms with van der Waals surface area (Å²) in [5, 5.41) is 15.9. The number of rotatable bonds is 9. The molecule has 0 saturated carbocycles. The SMILES string of the molecule is C#Cc1cc(Cl)ccc1C1N=C(c2nccs2)NC(CN2CCN3C(=O)N(CC(C)(C)C(=O)O)C[C@@H]3C2)=C1C(=O)OCC. The first kappa shape index (κ1) is 30.5. The highest BCUT2D eigenvalue weighted by atomic mass is 35.5. The zero-order chi connectivity index (χ0) is 30.9. The van der Waals surface area contributed by atoms with Crippen molar-refractivity contribution in [3.63, 3.8) is 0 Å². The predicted octanol–water partition coefficient (Wildman–Crippen LogP) is 3.22. The molecule has 3 aliphatic rings. The molecular formula is C30H33ClN6O5S. The molecule has 0 radical (unpaired) electrons. The molecule has 1 unspecified atom stereocenters. The first-order valence-electron chi connectivity index (χ1n) is 13.9. The van der Waals surface area contributed by atoms with Crippen LogP contribution in [0.4, 0.5) is 4.79 Å². The Morgan fingerprint density at radius 2 is 2.09 bits per heavy atom. The van der Waals surface area contributed by atoms with Gasteiger partial charge in [-0.05, 0) is 38.5 Å². The molecule has 2 atom stereocenters. The van der Waals surface area contributed by atoms with Crippen LogP contribution in [0.15, 0.2) is 46.0 Å². The number of nitrogens with one attached hydrogen (secondary N) is 1. The van der Waals surface area contributed by atoms with Crippen molar-refractivity contribution in [1.82, 2.24) is 25.0 Å². The second kappa shape index (κ2) is 12.4. The number of amides is 2. The number of thiazole rings is 1. The molecule has 3 aliphatic heterocycles. The fourth-order valence-electron chi connectivity index (χ4n) is 5.62. The van der Waals surface area contributed by atoms with E-state index in [0.717, 1.165) is 0 Å². The minimum Gasteiger partial charge on any atom is -0.481 e. The zero-order valence-electron chi connectivity index (χ0n) is 24.2. The van der Waals surface area contributed by atoms with Gasteiger partial charge in [-0.2, -0.15) is 0 Å². The lowest BCUT2D eigenvalue weighted by atomic mass is 9.92. The van der Waals surface area contributed by atoms with E-state index in [1.165, 1.54) is 11.3 Å². The lowest BCUT2D eigenvalue weighted by Crippen LogP contribution is -2.53. The van der Waals surface area contributed by atoms with E-state index in [1.807, 2.05) is 10.3 Å². The number of esters is 1. The van der Waals surface area contributed by atoms with Gasteiger partial charge in [0, 0.05) is 67.1 Å². The van der Waals surface area contributed by atoms with E-state index in [4.69, 9.17) is 27.8 Å². The van der Waals surface area contributed by atoms with Gasteiger partial charge in [-0.1, -0.05) is 23.6 Å². The minimum absolute atomic E-state index is 0.117. The number of terminal acetylenes is 1. The van der Waals surface area contributed by atoms with E-state index in [1.54, 1.807) is 50.1 Å². The Bertz CT molecular complexity index is 1530. The van der Waals surface area contributed by atoms with E-state index in [-0.39, 0.29) is 25.2 Å². The number of amidine groups is 1. The van der Waals surface area contributed by atoms with Gasteiger partial charge in [0.25, 0.3) is 0 Å².